The van der Waals surface area contributed by atoms with Gasteiger partial charge in [-0.05, 0) is 26.7 Å². The molecule has 18 heavy (non-hydrogen) atoms. The summed E-state index contributed by atoms with van der Waals surface area (Å²) in [5.74, 6) is 0.0545. The second-order valence-electron chi connectivity index (χ2n) is 5.53. The van der Waals surface area contributed by atoms with Crippen LogP contribution in [0, 0.1) is 0 Å². The summed E-state index contributed by atoms with van der Waals surface area (Å²) in [4.78, 5) is 11.4. The molecule has 0 aromatic carbocycles. The highest BCUT2D eigenvalue weighted by Crippen LogP contribution is 2.08. The summed E-state index contributed by atoms with van der Waals surface area (Å²) in [6, 6.07) is 0.119. The van der Waals surface area contributed by atoms with Crippen molar-refractivity contribution < 1.29 is 13.2 Å². The average molecular weight is 277 g/mol. The number of nitrogens with one attached hydrogen (secondary N) is 3. The van der Waals surface area contributed by atoms with Crippen molar-refractivity contribution in [3.05, 3.63) is 0 Å². The highest BCUT2D eigenvalue weighted by Gasteiger charge is 2.24. The molecule has 1 heterocycles. The van der Waals surface area contributed by atoms with Gasteiger partial charge < -0.3 is 10.6 Å². The largest absolute Gasteiger partial charge is 0.356 e. The normalized spacial score (nSPS) is 22.4. The van der Waals surface area contributed by atoms with Crippen molar-refractivity contribution in [2.24, 2.45) is 0 Å². The smallest absolute Gasteiger partial charge is 0.221 e. The Morgan fingerprint density at radius 2 is 2.11 bits per heavy atom. The van der Waals surface area contributed by atoms with Gasteiger partial charge in [-0.15, -0.1) is 0 Å². The van der Waals surface area contributed by atoms with Gasteiger partial charge in [-0.1, -0.05) is 0 Å². The van der Waals surface area contributed by atoms with Crippen molar-refractivity contribution in [2.75, 3.05) is 19.3 Å². The molecular weight excluding hydrogens is 254 g/mol. The van der Waals surface area contributed by atoms with E-state index in [9.17, 15) is 13.2 Å². The molecule has 3 N–H and O–H groups in total. The standard InChI is InChI=1S/C11H23N3O3S/c1-11(2,14-18(3,16)17)8-13-9-5-4-6-12-10(15)7-9/h9,13-14H,4-8H2,1-3H3,(H,12,15). The Balaban J connectivity index is 2.45. The van der Waals surface area contributed by atoms with E-state index in [0.717, 1.165) is 25.6 Å². The van der Waals surface area contributed by atoms with Crippen molar-refractivity contribution in [2.45, 2.75) is 44.7 Å². The summed E-state index contributed by atoms with van der Waals surface area (Å²) in [5, 5.41) is 6.09. The molecule has 1 fully saturated rings. The predicted octanol–water partition coefficient (Wildman–Crippen LogP) is -0.427. The van der Waals surface area contributed by atoms with Crippen molar-refractivity contribution in [3.8, 4) is 0 Å². The first-order valence-electron chi connectivity index (χ1n) is 6.17. The molecule has 0 radical (unpaired) electrons. The van der Waals surface area contributed by atoms with Gasteiger partial charge >= 0.3 is 0 Å². The van der Waals surface area contributed by atoms with E-state index in [1.165, 1.54) is 0 Å². The van der Waals surface area contributed by atoms with Gasteiger partial charge in [0.05, 0.1) is 6.26 Å². The molecule has 1 saturated heterocycles. The van der Waals surface area contributed by atoms with E-state index < -0.39 is 15.6 Å². The van der Waals surface area contributed by atoms with Crippen LogP contribution < -0.4 is 15.4 Å². The van der Waals surface area contributed by atoms with Crippen LogP contribution in [0.3, 0.4) is 0 Å². The van der Waals surface area contributed by atoms with Crippen LogP contribution in [-0.4, -0.2) is 45.3 Å². The van der Waals surface area contributed by atoms with Crippen molar-refractivity contribution in [3.63, 3.8) is 0 Å². The average Bonchev–Trinajstić information content (AvgIpc) is 2.36. The SMILES string of the molecule is CC(C)(CNC1CCCNC(=O)C1)NS(C)(=O)=O. The lowest BCUT2D eigenvalue weighted by atomic mass is 10.0. The third-order valence-electron chi connectivity index (χ3n) is 2.78. The van der Waals surface area contributed by atoms with Crippen LogP contribution in [0.1, 0.15) is 33.1 Å². The van der Waals surface area contributed by atoms with Gasteiger partial charge in [0.25, 0.3) is 0 Å². The Kier molecular flexibility index (Phi) is 5.12. The molecule has 1 atom stereocenters. The van der Waals surface area contributed by atoms with E-state index in [1.807, 2.05) is 13.8 Å². The molecule has 0 aromatic heterocycles. The Morgan fingerprint density at radius 3 is 2.72 bits per heavy atom. The van der Waals surface area contributed by atoms with Crippen LogP contribution in [-0.2, 0) is 14.8 Å². The van der Waals surface area contributed by atoms with E-state index in [1.54, 1.807) is 0 Å². The summed E-state index contributed by atoms with van der Waals surface area (Å²) < 4.78 is 25.0. The van der Waals surface area contributed by atoms with Gasteiger partial charge in [-0.3, -0.25) is 4.79 Å². The Morgan fingerprint density at radius 1 is 1.44 bits per heavy atom. The van der Waals surface area contributed by atoms with Crippen LogP contribution in [0.15, 0.2) is 0 Å². The topological polar surface area (TPSA) is 87.3 Å². The van der Waals surface area contributed by atoms with Crippen LogP contribution in [0.2, 0.25) is 0 Å². The number of carbonyl (C=O) groups is 1. The molecule has 0 saturated carbocycles. The molecule has 1 aliphatic heterocycles. The van der Waals surface area contributed by atoms with Crippen LogP contribution in [0.4, 0.5) is 0 Å². The number of carbonyl (C=O) groups excluding carboxylic acids is 1. The summed E-state index contributed by atoms with van der Waals surface area (Å²) >= 11 is 0. The monoisotopic (exact) mass is 277 g/mol. The minimum atomic E-state index is -3.22. The second kappa shape index (κ2) is 5.99. The van der Waals surface area contributed by atoms with E-state index in [2.05, 4.69) is 15.4 Å². The Hall–Kier alpha value is -0.660. The van der Waals surface area contributed by atoms with Gasteiger partial charge in [0.1, 0.15) is 0 Å². The fraction of sp³-hybridized carbons (Fsp3) is 0.909. The summed E-state index contributed by atoms with van der Waals surface area (Å²) in [6.07, 6.45) is 3.47. The van der Waals surface area contributed by atoms with E-state index in [0.29, 0.717) is 13.0 Å². The maximum Gasteiger partial charge on any atom is 0.221 e. The summed E-state index contributed by atoms with van der Waals surface area (Å²) in [5.41, 5.74) is -0.559. The fourth-order valence-corrected chi connectivity index (χ4v) is 3.16. The molecular formula is C11H23N3O3S. The molecule has 0 bridgehead atoms. The zero-order valence-corrected chi connectivity index (χ0v) is 12.1. The van der Waals surface area contributed by atoms with Crippen molar-refractivity contribution in [1.82, 2.24) is 15.4 Å². The second-order valence-corrected chi connectivity index (χ2v) is 7.28. The third-order valence-corrected chi connectivity index (χ3v) is 3.70. The minimum absolute atomic E-state index is 0.0545. The van der Waals surface area contributed by atoms with Gasteiger partial charge in [0, 0.05) is 31.1 Å². The van der Waals surface area contributed by atoms with Crippen LogP contribution in [0.5, 0.6) is 0 Å². The van der Waals surface area contributed by atoms with Crippen LogP contribution >= 0.6 is 0 Å². The maximum absolute atomic E-state index is 11.4. The first-order chi connectivity index (χ1) is 8.18. The first kappa shape index (κ1) is 15.4. The van der Waals surface area contributed by atoms with Crippen molar-refractivity contribution in [1.29, 1.82) is 0 Å². The number of sulfonamides is 1. The quantitative estimate of drug-likeness (QED) is 0.636. The van der Waals surface area contributed by atoms with Crippen molar-refractivity contribution >= 4 is 15.9 Å². The highest BCUT2D eigenvalue weighted by atomic mass is 32.2. The maximum atomic E-state index is 11.4. The molecule has 106 valence electrons. The van der Waals surface area contributed by atoms with Gasteiger partial charge in [-0.25, -0.2) is 13.1 Å². The molecule has 6 nitrogen and oxygen atoms in total. The molecule has 7 heteroatoms. The van der Waals surface area contributed by atoms with Crippen LogP contribution in [0.25, 0.3) is 0 Å². The lowest BCUT2D eigenvalue weighted by molar-refractivity contribution is -0.121. The zero-order chi connectivity index (χ0) is 13.8. The fourth-order valence-electron chi connectivity index (χ4n) is 2.09. The minimum Gasteiger partial charge on any atom is -0.356 e. The number of hydrogen-bond donors (Lipinski definition) is 3. The van der Waals surface area contributed by atoms with E-state index >= 15 is 0 Å². The zero-order valence-electron chi connectivity index (χ0n) is 11.2. The molecule has 1 unspecified atom stereocenters. The predicted molar refractivity (Wildman–Crippen MR) is 70.7 cm³/mol. The van der Waals surface area contributed by atoms with Gasteiger partial charge in [-0.2, -0.15) is 0 Å². The Bertz CT molecular complexity index is 392. The number of rotatable bonds is 5. The molecule has 1 aliphatic rings. The molecule has 0 spiro atoms. The van der Waals surface area contributed by atoms with Gasteiger partial charge in [0.15, 0.2) is 0 Å². The number of amides is 1. The summed E-state index contributed by atoms with van der Waals surface area (Å²) in [7, 11) is -3.22. The lowest BCUT2D eigenvalue weighted by Crippen LogP contribution is -2.52. The summed E-state index contributed by atoms with van der Waals surface area (Å²) in [6.45, 7) is 4.86. The van der Waals surface area contributed by atoms with E-state index in [4.69, 9.17) is 0 Å². The Labute approximate surface area is 109 Å². The van der Waals surface area contributed by atoms with E-state index in [-0.39, 0.29) is 11.9 Å². The molecule has 1 amide bonds. The first-order valence-corrected chi connectivity index (χ1v) is 8.06. The lowest BCUT2D eigenvalue weighted by Gasteiger charge is -2.28. The third kappa shape index (κ3) is 6.32. The van der Waals surface area contributed by atoms with Gasteiger partial charge in [0.2, 0.25) is 15.9 Å². The highest BCUT2D eigenvalue weighted by molar-refractivity contribution is 7.88. The number of hydrogen-bond acceptors (Lipinski definition) is 4. The molecule has 0 aromatic rings. The molecule has 1 rings (SSSR count). The molecule has 0 aliphatic carbocycles.